The Bertz CT molecular complexity index is 617. The highest BCUT2D eigenvalue weighted by molar-refractivity contribution is 5.79. The van der Waals surface area contributed by atoms with Crippen molar-refractivity contribution in [1.82, 2.24) is 10.2 Å². The molecule has 0 aliphatic rings. The zero-order valence-electron chi connectivity index (χ0n) is 14.0. The van der Waals surface area contributed by atoms with Crippen LogP contribution in [0, 0.1) is 0 Å². The zero-order chi connectivity index (χ0) is 16.7. The Morgan fingerprint density at radius 2 is 1.87 bits per heavy atom. The SMILES string of the molecule is CCCCCCCc1ccc(-c2[nH]ncc2C(C)C(=O)O)cc1. The van der Waals surface area contributed by atoms with Crippen molar-refractivity contribution in [3.63, 3.8) is 0 Å². The molecule has 0 saturated heterocycles. The normalized spacial score (nSPS) is 12.3. The first-order chi connectivity index (χ1) is 11.1. The Morgan fingerprint density at radius 1 is 1.17 bits per heavy atom. The van der Waals surface area contributed by atoms with Crippen molar-refractivity contribution >= 4 is 5.97 Å². The van der Waals surface area contributed by atoms with Crippen LogP contribution < -0.4 is 0 Å². The molecule has 1 unspecified atom stereocenters. The van der Waals surface area contributed by atoms with E-state index in [1.807, 2.05) is 12.1 Å². The number of carbonyl (C=O) groups is 1. The van der Waals surface area contributed by atoms with Crippen LogP contribution in [0.25, 0.3) is 11.3 Å². The largest absolute Gasteiger partial charge is 0.481 e. The first-order valence-electron chi connectivity index (χ1n) is 8.48. The number of benzene rings is 1. The second-order valence-electron chi connectivity index (χ2n) is 6.12. The summed E-state index contributed by atoms with van der Waals surface area (Å²) in [5.74, 6) is -1.40. The van der Waals surface area contributed by atoms with Gasteiger partial charge in [-0.3, -0.25) is 9.89 Å². The van der Waals surface area contributed by atoms with Gasteiger partial charge in [0, 0.05) is 5.56 Å². The summed E-state index contributed by atoms with van der Waals surface area (Å²) in [6.45, 7) is 3.91. The number of H-pyrrole nitrogens is 1. The fraction of sp³-hybridized carbons (Fsp3) is 0.474. The molecule has 0 spiro atoms. The van der Waals surface area contributed by atoms with Gasteiger partial charge in [0.05, 0.1) is 17.8 Å². The third-order valence-corrected chi connectivity index (χ3v) is 4.32. The lowest BCUT2D eigenvalue weighted by atomic mass is 9.97. The summed E-state index contributed by atoms with van der Waals surface area (Å²) in [7, 11) is 0. The number of carboxylic acid groups (broad SMARTS) is 1. The molecule has 124 valence electrons. The van der Waals surface area contributed by atoms with E-state index in [-0.39, 0.29) is 0 Å². The minimum Gasteiger partial charge on any atom is -0.481 e. The van der Waals surface area contributed by atoms with E-state index in [0.717, 1.165) is 23.2 Å². The minimum atomic E-state index is -0.837. The Morgan fingerprint density at radius 3 is 2.52 bits per heavy atom. The number of rotatable bonds is 9. The number of unbranched alkanes of at least 4 members (excludes halogenated alkanes) is 4. The van der Waals surface area contributed by atoms with E-state index in [2.05, 4.69) is 29.3 Å². The van der Waals surface area contributed by atoms with E-state index in [0.29, 0.717) is 0 Å². The number of aryl methyl sites for hydroxylation is 1. The summed E-state index contributed by atoms with van der Waals surface area (Å²) >= 11 is 0. The van der Waals surface area contributed by atoms with Crippen LogP contribution in [0.4, 0.5) is 0 Å². The number of hydrogen-bond donors (Lipinski definition) is 2. The van der Waals surface area contributed by atoms with Gasteiger partial charge in [0.25, 0.3) is 0 Å². The van der Waals surface area contributed by atoms with E-state index in [9.17, 15) is 9.90 Å². The molecule has 2 N–H and O–H groups in total. The molecule has 0 bridgehead atoms. The molecular formula is C19H26N2O2. The molecule has 4 heteroatoms. The predicted octanol–water partition coefficient (Wildman–Crippen LogP) is 4.78. The van der Waals surface area contributed by atoms with E-state index in [4.69, 9.17) is 0 Å². The first kappa shape index (κ1) is 17.3. The molecule has 1 atom stereocenters. The van der Waals surface area contributed by atoms with Crippen LogP contribution >= 0.6 is 0 Å². The molecule has 1 aromatic carbocycles. The van der Waals surface area contributed by atoms with Gasteiger partial charge in [-0.1, -0.05) is 56.9 Å². The van der Waals surface area contributed by atoms with Crippen molar-refractivity contribution in [2.45, 2.75) is 58.3 Å². The number of hydrogen-bond acceptors (Lipinski definition) is 2. The van der Waals surface area contributed by atoms with Crippen molar-refractivity contribution in [3.05, 3.63) is 41.6 Å². The highest BCUT2D eigenvalue weighted by atomic mass is 16.4. The van der Waals surface area contributed by atoms with Gasteiger partial charge in [0.2, 0.25) is 0 Å². The molecule has 0 aliphatic carbocycles. The van der Waals surface area contributed by atoms with Crippen molar-refractivity contribution in [3.8, 4) is 11.3 Å². The highest BCUT2D eigenvalue weighted by Gasteiger charge is 2.19. The predicted molar refractivity (Wildman–Crippen MR) is 92.5 cm³/mol. The highest BCUT2D eigenvalue weighted by Crippen LogP contribution is 2.27. The van der Waals surface area contributed by atoms with Gasteiger partial charge in [-0.05, 0) is 30.9 Å². The lowest BCUT2D eigenvalue weighted by Gasteiger charge is -2.08. The molecular weight excluding hydrogens is 288 g/mol. The third-order valence-electron chi connectivity index (χ3n) is 4.32. The molecule has 23 heavy (non-hydrogen) atoms. The van der Waals surface area contributed by atoms with Gasteiger partial charge in [-0.15, -0.1) is 0 Å². The Kier molecular flexibility index (Phi) is 6.39. The summed E-state index contributed by atoms with van der Waals surface area (Å²) in [5, 5.41) is 16.1. The molecule has 0 fully saturated rings. The number of carboxylic acids is 1. The number of nitrogens with one attached hydrogen (secondary N) is 1. The van der Waals surface area contributed by atoms with Gasteiger partial charge < -0.3 is 5.11 Å². The van der Waals surface area contributed by atoms with Gasteiger partial charge in [0.15, 0.2) is 0 Å². The maximum absolute atomic E-state index is 11.2. The second-order valence-corrected chi connectivity index (χ2v) is 6.12. The molecule has 2 aromatic rings. The van der Waals surface area contributed by atoms with Crippen molar-refractivity contribution in [1.29, 1.82) is 0 Å². The quantitative estimate of drug-likeness (QED) is 0.655. The lowest BCUT2D eigenvalue weighted by Crippen LogP contribution is -2.07. The van der Waals surface area contributed by atoms with E-state index >= 15 is 0 Å². The number of aromatic nitrogens is 2. The Balaban J connectivity index is 2.00. The molecule has 0 aliphatic heterocycles. The summed E-state index contributed by atoms with van der Waals surface area (Å²) in [6.07, 6.45) is 9.14. The Labute approximate surface area is 137 Å². The Hall–Kier alpha value is -2.10. The van der Waals surface area contributed by atoms with Crippen LogP contribution in [-0.2, 0) is 11.2 Å². The molecule has 0 saturated carbocycles. The summed E-state index contributed by atoms with van der Waals surface area (Å²) < 4.78 is 0. The summed E-state index contributed by atoms with van der Waals surface area (Å²) in [6, 6.07) is 8.36. The standard InChI is InChI=1S/C19H26N2O2/c1-3-4-5-6-7-8-15-9-11-16(12-10-15)18-17(13-20-21-18)14(2)19(22)23/h9-14H,3-8H2,1-2H3,(H,20,21)(H,22,23). The second kappa shape index (κ2) is 8.51. The fourth-order valence-electron chi connectivity index (χ4n) is 2.76. The summed E-state index contributed by atoms with van der Waals surface area (Å²) in [4.78, 5) is 11.2. The molecule has 1 heterocycles. The number of nitrogens with zero attached hydrogens (tertiary/aromatic N) is 1. The van der Waals surface area contributed by atoms with Gasteiger partial charge in [-0.25, -0.2) is 0 Å². The summed E-state index contributed by atoms with van der Waals surface area (Å²) in [5.41, 5.74) is 3.84. The molecule has 4 nitrogen and oxygen atoms in total. The minimum absolute atomic E-state index is 0.568. The molecule has 2 rings (SSSR count). The maximum Gasteiger partial charge on any atom is 0.310 e. The monoisotopic (exact) mass is 314 g/mol. The van der Waals surface area contributed by atoms with Crippen LogP contribution in [0.5, 0.6) is 0 Å². The first-order valence-corrected chi connectivity index (χ1v) is 8.48. The number of aromatic amines is 1. The van der Waals surface area contributed by atoms with Gasteiger partial charge in [-0.2, -0.15) is 5.10 Å². The van der Waals surface area contributed by atoms with Crippen molar-refractivity contribution in [2.75, 3.05) is 0 Å². The fourth-order valence-corrected chi connectivity index (χ4v) is 2.76. The van der Waals surface area contributed by atoms with E-state index in [1.165, 1.54) is 37.7 Å². The van der Waals surface area contributed by atoms with Crippen molar-refractivity contribution < 1.29 is 9.90 Å². The lowest BCUT2D eigenvalue weighted by molar-refractivity contribution is -0.138. The van der Waals surface area contributed by atoms with E-state index < -0.39 is 11.9 Å². The number of aliphatic carboxylic acids is 1. The molecule has 0 radical (unpaired) electrons. The topological polar surface area (TPSA) is 66.0 Å². The zero-order valence-corrected chi connectivity index (χ0v) is 14.0. The van der Waals surface area contributed by atoms with E-state index in [1.54, 1.807) is 13.1 Å². The van der Waals surface area contributed by atoms with Crippen molar-refractivity contribution in [2.24, 2.45) is 0 Å². The average molecular weight is 314 g/mol. The van der Waals surface area contributed by atoms with Crippen LogP contribution in [0.15, 0.2) is 30.5 Å². The van der Waals surface area contributed by atoms with Crippen LogP contribution in [0.1, 0.15) is 63.0 Å². The average Bonchev–Trinajstić information content (AvgIpc) is 3.04. The molecule has 1 aromatic heterocycles. The molecule has 0 amide bonds. The van der Waals surface area contributed by atoms with Crippen LogP contribution in [-0.4, -0.2) is 21.3 Å². The maximum atomic E-state index is 11.2. The van der Waals surface area contributed by atoms with Crippen LogP contribution in [0.3, 0.4) is 0 Å². The third kappa shape index (κ3) is 4.68. The smallest absolute Gasteiger partial charge is 0.310 e. The van der Waals surface area contributed by atoms with Gasteiger partial charge in [0.1, 0.15) is 0 Å². The van der Waals surface area contributed by atoms with Crippen LogP contribution in [0.2, 0.25) is 0 Å². The van der Waals surface area contributed by atoms with Gasteiger partial charge >= 0.3 is 5.97 Å².